The third-order valence-corrected chi connectivity index (χ3v) is 3.58. The van der Waals surface area contributed by atoms with Crippen molar-refractivity contribution in [3.8, 4) is 0 Å². The minimum Gasteiger partial charge on any atom is -0.107 e. The average molecular weight is 186 g/mol. The van der Waals surface area contributed by atoms with Gasteiger partial charge in [-0.25, -0.2) is 0 Å². The van der Waals surface area contributed by atoms with Gasteiger partial charge in [0.15, 0.2) is 0 Å². The second kappa shape index (κ2) is 5.33. The lowest BCUT2D eigenvalue weighted by Crippen LogP contribution is -1.98. The fraction of sp³-hybridized carbons (Fsp3) is 0. The minimum atomic E-state index is -1.01. The molecule has 0 bridgehead atoms. The van der Waals surface area contributed by atoms with Crippen LogP contribution in [0.15, 0.2) is 60.6 Å². The van der Waals surface area contributed by atoms with Crippen LogP contribution in [0.3, 0.4) is 0 Å². The van der Waals surface area contributed by atoms with Crippen LogP contribution in [0.25, 0.3) is 6.08 Å². The van der Waals surface area contributed by atoms with Crippen LogP contribution >= 0.6 is 0 Å². The van der Waals surface area contributed by atoms with Gasteiger partial charge in [-0.15, -0.1) is 13.2 Å². The van der Waals surface area contributed by atoms with Gasteiger partial charge in [-0.05, 0) is 5.56 Å². The van der Waals surface area contributed by atoms with E-state index in [4.69, 9.17) is 0 Å². The smallest absolute Gasteiger partial charge is 0.107 e. The van der Waals surface area contributed by atoms with Crippen LogP contribution < -0.4 is 0 Å². The van der Waals surface area contributed by atoms with Crippen LogP contribution in [0.4, 0.5) is 0 Å². The molecule has 0 aliphatic rings. The van der Waals surface area contributed by atoms with E-state index in [0.29, 0.717) is 0 Å². The van der Waals surface area contributed by atoms with Gasteiger partial charge in [0.1, 0.15) is 8.80 Å². The summed E-state index contributed by atoms with van der Waals surface area (Å²) in [6, 6.07) is 10.3. The van der Waals surface area contributed by atoms with Crippen molar-refractivity contribution in [3.63, 3.8) is 0 Å². The summed E-state index contributed by atoms with van der Waals surface area (Å²) in [5.74, 6) is 0. The zero-order valence-corrected chi connectivity index (χ0v) is 8.84. The highest BCUT2D eigenvalue weighted by Crippen LogP contribution is 2.02. The molecular formula is C12H14Si. The normalized spacial score (nSPS) is 10.5. The number of benzene rings is 1. The lowest BCUT2D eigenvalue weighted by atomic mass is 10.2. The van der Waals surface area contributed by atoms with Gasteiger partial charge in [0.05, 0.1) is 0 Å². The van der Waals surface area contributed by atoms with Crippen molar-refractivity contribution in [1.29, 1.82) is 0 Å². The molecule has 0 atom stereocenters. The van der Waals surface area contributed by atoms with Crippen molar-refractivity contribution >= 4 is 14.9 Å². The molecule has 1 heteroatoms. The molecule has 0 saturated heterocycles. The highest BCUT2D eigenvalue weighted by Gasteiger charge is 1.92. The summed E-state index contributed by atoms with van der Waals surface area (Å²) in [6.45, 7) is 7.57. The Morgan fingerprint density at radius 1 is 1.00 bits per heavy atom. The minimum absolute atomic E-state index is 1.01. The highest BCUT2D eigenvalue weighted by molar-refractivity contribution is 6.74. The van der Waals surface area contributed by atoms with Gasteiger partial charge in [0, 0.05) is 0 Å². The number of hydrogen-bond acceptors (Lipinski definition) is 0. The van der Waals surface area contributed by atoms with Crippen molar-refractivity contribution < 1.29 is 0 Å². The molecule has 0 radical (unpaired) electrons. The first-order valence-corrected chi connectivity index (χ1v) is 6.35. The lowest BCUT2D eigenvalue weighted by Gasteiger charge is -1.95. The summed E-state index contributed by atoms with van der Waals surface area (Å²) in [5.41, 5.74) is 7.47. The zero-order valence-electron chi connectivity index (χ0n) is 7.69. The fourth-order valence-corrected chi connectivity index (χ4v) is 1.99. The first-order valence-electron chi connectivity index (χ1n) is 4.35. The van der Waals surface area contributed by atoms with Gasteiger partial charge in [-0.3, -0.25) is 0 Å². The van der Waals surface area contributed by atoms with E-state index in [1.54, 1.807) is 0 Å². The van der Waals surface area contributed by atoms with E-state index in [1.165, 1.54) is 5.56 Å². The Labute approximate surface area is 81.5 Å². The van der Waals surface area contributed by atoms with Gasteiger partial charge >= 0.3 is 0 Å². The Morgan fingerprint density at radius 2 is 1.62 bits per heavy atom. The van der Waals surface area contributed by atoms with Crippen molar-refractivity contribution in [3.05, 3.63) is 66.2 Å². The van der Waals surface area contributed by atoms with Crippen LogP contribution in [0.1, 0.15) is 5.56 Å². The molecule has 0 saturated carbocycles. The Balaban J connectivity index is 2.68. The van der Waals surface area contributed by atoms with E-state index in [2.05, 4.69) is 37.1 Å². The third-order valence-electron chi connectivity index (χ3n) is 1.85. The molecule has 0 aromatic heterocycles. The van der Waals surface area contributed by atoms with Crippen LogP contribution in [0.2, 0.25) is 0 Å². The van der Waals surface area contributed by atoms with Crippen LogP contribution in [0.5, 0.6) is 0 Å². The molecule has 66 valence electrons. The second-order valence-electron chi connectivity index (χ2n) is 2.82. The molecule has 0 spiro atoms. The third kappa shape index (κ3) is 3.26. The van der Waals surface area contributed by atoms with Gasteiger partial charge in [-0.1, -0.05) is 53.5 Å². The molecule has 1 rings (SSSR count). The van der Waals surface area contributed by atoms with E-state index in [1.807, 2.05) is 29.6 Å². The van der Waals surface area contributed by atoms with Gasteiger partial charge in [0.25, 0.3) is 0 Å². The summed E-state index contributed by atoms with van der Waals surface area (Å²) < 4.78 is 0. The molecule has 0 nitrogen and oxygen atoms in total. The van der Waals surface area contributed by atoms with Crippen LogP contribution in [-0.4, -0.2) is 8.80 Å². The van der Waals surface area contributed by atoms with Crippen molar-refractivity contribution in [2.45, 2.75) is 0 Å². The van der Waals surface area contributed by atoms with Gasteiger partial charge in [-0.2, -0.15) is 0 Å². The Hall–Kier alpha value is -1.34. The van der Waals surface area contributed by atoms with Gasteiger partial charge in [0.2, 0.25) is 0 Å². The quantitative estimate of drug-likeness (QED) is 0.634. The SMILES string of the molecule is C=C[SiH](C=C)C=Cc1ccccc1. The highest BCUT2D eigenvalue weighted by atomic mass is 28.3. The maximum Gasteiger partial charge on any atom is 0.108 e. The summed E-state index contributed by atoms with van der Waals surface area (Å²) in [4.78, 5) is 0. The first kappa shape index (κ1) is 9.74. The molecule has 0 aliphatic carbocycles. The van der Waals surface area contributed by atoms with E-state index in [0.717, 1.165) is 0 Å². The van der Waals surface area contributed by atoms with Crippen molar-refractivity contribution in [2.75, 3.05) is 0 Å². The topological polar surface area (TPSA) is 0 Å². The second-order valence-corrected chi connectivity index (χ2v) is 5.30. The molecule has 0 fully saturated rings. The van der Waals surface area contributed by atoms with Crippen LogP contribution in [0, 0.1) is 0 Å². The molecule has 0 N–H and O–H groups in total. The molecule has 1 aromatic carbocycles. The molecule has 0 aliphatic heterocycles. The number of rotatable bonds is 4. The van der Waals surface area contributed by atoms with E-state index >= 15 is 0 Å². The van der Waals surface area contributed by atoms with Crippen molar-refractivity contribution in [2.24, 2.45) is 0 Å². The van der Waals surface area contributed by atoms with E-state index in [9.17, 15) is 0 Å². The van der Waals surface area contributed by atoms with Crippen LogP contribution in [-0.2, 0) is 0 Å². The molecular weight excluding hydrogens is 172 g/mol. The molecule has 0 heterocycles. The average Bonchev–Trinajstić information content (AvgIpc) is 2.21. The standard InChI is InChI=1S/C12H14Si/c1-3-13(4-2)11-10-12-8-6-5-7-9-12/h3-11,13H,1-2H2. The Morgan fingerprint density at radius 3 is 2.15 bits per heavy atom. The summed E-state index contributed by atoms with van der Waals surface area (Å²) in [7, 11) is -1.01. The maximum atomic E-state index is 3.78. The Kier molecular flexibility index (Phi) is 3.99. The predicted molar refractivity (Wildman–Crippen MR) is 63.0 cm³/mol. The summed E-state index contributed by atoms with van der Waals surface area (Å²) in [6.07, 6.45) is 2.14. The summed E-state index contributed by atoms with van der Waals surface area (Å²) in [5, 5.41) is 0. The molecule has 13 heavy (non-hydrogen) atoms. The Bertz CT molecular complexity index is 290. The zero-order chi connectivity index (χ0) is 9.52. The van der Waals surface area contributed by atoms with E-state index < -0.39 is 8.80 Å². The molecule has 0 unspecified atom stereocenters. The largest absolute Gasteiger partial charge is 0.108 e. The first-order chi connectivity index (χ1) is 6.36. The fourth-order valence-electron chi connectivity index (χ4n) is 1.04. The van der Waals surface area contributed by atoms with E-state index in [-0.39, 0.29) is 0 Å². The molecule has 1 aromatic rings. The molecule has 0 amide bonds. The van der Waals surface area contributed by atoms with Crippen molar-refractivity contribution in [1.82, 2.24) is 0 Å². The predicted octanol–water partition coefficient (Wildman–Crippen LogP) is 2.92. The lowest BCUT2D eigenvalue weighted by molar-refractivity contribution is 1.66. The van der Waals surface area contributed by atoms with Gasteiger partial charge < -0.3 is 0 Å². The monoisotopic (exact) mass is 186 g/mol. The summed E-state index contributed by atoms with van der Waals surface area (Å²) >= 11 is 0. The number of hydrogen-bond donors (Lipinski definition) is 0. The maximum absolute atomic E-state index is 3.78.